The fourth-order valence-corrected chi connectivity index (χ4v) is 4.23. The highest BCUT2D eigenvalue weighted by atomic mass is 32.2. The van der Waals surface area contributed by atoms with Crippen LogP contribution in [0.3, 0.4) is 0 Å². The SMILES string of the molecule is Cc1ccc(S(=O)(=O)ON=C(C(=O)c2ccccc2)c2nc3c(ccc4ccccc43)o2)cc1. The summed E-state index contributed by atoms with van der Waals surface area (Å²) in [5, 5.41) is 5.51. The van der Waals surface area contributed by atoms with Crippen LogP contribution >= 0.6 is 0 Å². The maximum absolute atomic E-state index is 13.3. The number of carbonyl (C=O) groups excluding carboxylic acids is 1. The molecule has 0 aliphatic rings. The number of Topliss-reactive ketones (excluding diaryl/α,β-unsaturated/α-hetero) is 1. The van der Waals surface area contributed by atoms with Gasteiger partial charge in [-0.05, 0) is 30.5 Å². The molecule has 34 heavy (non-hydrogen) atoms. The van der Waals surface area contributed by atoms with Gasteiger partial charge in [0.05, 0.1) is 0 Å². The van der Waals surface area contributed by atoms with Gasteiger partial charge >= 0.3 is 10.1 Å². The number of ketones is 1. The van der Waals surface area contributed by atoms with Crippen molar-refractivity contribution >= 4 is 43.5 Å². The molecule has 4 aromatic carbocycles. The van der Waals surface area contributed by atoms with Crippen molar-refractivity contribution in [3.63, 3.8) is 0 Å². The Labute approximate surface area is 195 Å². The molecule has 0 bridgehead atoms. The molecule has 0 N–H and O–H groups in total. The number of fused-ring (bicyclic) bond motifs is 3. The van der Waals surface area contributed by atoms with Gasteiger partial charge in [0.2, 0.25) is 11.5 Å². The number of carbonyl (C=O) groups is 1. The molecule has 0 saturated heterocycles. The molecule has 0 amide bonds. The standard InChI is InChI=1S/C26H18N2O5S/c1-17-11-14-20(15-12-17)34(30,31)33-28-24(25(29)19-8-3-2-4-9-19)26-27-23-21-10-6-5-7-18(21)13-16-22(23)32-26/h2-16H,1H3. The van der Waals surface area contributed by atoms with Gasteiger partial charge in [-0.3, -0.25) is 9.08 Å². The van der Waals surface area contributed by atoms with Crippen molar-refractivity contribution in [2.24, 2.45) is 5.16 Å². The van der Waals surface area contributed by atoms with E-state index in [-0.39, 0.29) is 22.1 Å². The molecule has 168 valence electrons. The van der Waals surface area contributed by atoms with Crippen LogP contribution in [-0.4, -0.2) is 24.9 Å². The maximum Gasteiger partial charge on any atom is 0.358 e. The minimum Gasteiger partial charge on any atom is -0.434 e. The number of oxazole rings is 1. The molecule has 0 radical (unpaired) electrons. The largest absolute Gasteiger partial charge is 0.434 e. The summed E-state index contributed by atoms with van der Waals surface area (Å²) < 4.78 is 36.2. The number of rotatable bonds is 6. The highest BCUT2D eigenvalue weighted by Gasteiger charge is 2.25. The van der Waals surface area contributed by atoms with Crippen LogP contribution < -0.4 is 0 Å². The summed E-state index contributed by atoms with van der Waals surface area (Å²) in [6.07, 6.45) is 0. The van der Waals surface area contributed by atoms with E-state index in [1.165, 1.54) is 12.1 Å². The van der Waals surface area contributed by atoms with Crippen LogP contribution in [0.4, 0.5) is 0 Å². The van der Waals surface area contributed by atoms with Gasteiger partial charge in [-0.15, -0.1) is 0 Å². The second-order valence-corrected chi connectivity index (χ2v) is 9.16. The molecule has 8 heteroatoms. The van der Waals surface area contributed by atoms with Crippen molar-refractivity contribution in [2.45, 2.75) is 11.8 Å². The Balaban J connectivity index is 1.62. The molecule has 0 unspecified atom stereocenters. The number of aromatic nitrogens is 1. The van der Waals surface area contributed by atoms with Gasteiger partial charge in [0.25, 0.3) is 5.89 Å². The lowest BCUT2D eigenvalue weighted by molar-refractivity contribution is 0.106. The van der Waals surface area contributed by atoms with Crippen LogP contribution in [0.1, 0.15) is 21.8 Å². The lowest BCUT2D eigenvalue weighted by atomic mass is 10.1. The molecule has 5 rings (SSSR count). The van der Waals surface area contributed by atoms with Crippen LogP contribution in [-0.2, 0) is 14.4 Å². The average Bonchev–Trinajstić information content (AvgIpc) is 3.29. The smallest absolute Gasteiger partial charge is 0.358 e. The zero-order chi connectivity index (χ0) is 23.7. The van der Waals surface area contributed by atoms with Gasteiger partial charge in [0.15, 0.2) is 5.58 Å². The first-order valence-electron chi connectivity index (χ1n) is 10.4. The molecule has 5 aromatic rings. The first-order valence-corrected chi connectivity index (χ1v) is 11.8. The van der Waals surface area contributed by atoms with Gasteiger partial charge in [-0.1, -0.05) is 83.5 Å². The molecule has 1 heterocycles. The van der Waals surface area contributed by atoms with Crippen LogP contribution in [0.2, 0.25) is 0 Å². The lowest BCUT2D eigenvalue weighted by Crippen LogP contribution is -2.18. The Bertz CT molecular complexity index is 1650. The molecule has 0 aliphatic carbocycles. The van der Waals surface area contributed by atoms with E-state index in [4.69, 9.17) is 8.70 Å². The van der Waals surface area contributed by atoms with Crippen molar-refractivity contribution < 1.29 is 21.9 Å². The fraction of sp³-hybridized carbons (Fsp3) is 0.0385. The van der Waals surface area contributed by atoms with Crippen molar-refractivity contribution in [1.82, 2.24) is 4.98 Å². The quantitative estimate of drug-likeness (QED) is 0.190. The lowest BCUT2D eigenvalue weighted by Gasteiger charge is -2.04. The monoisotopic (exact) mass is 470 g/mol. The summed E-state index contributed by atoms with van der Waals surface area (Å²) in [6, 6.07) is 25.6. The number of benzene rings is 4. The average molecular weight is 471 g/mol. The van der Waals surface area contributed by atoms with E-state index in [1.54, 1.807) is 48.5 Å². The maximum atomic E-state index is 13.3. The van der Waals surface area contributed by atoms with Gasteiger partial charge in [0, 0.05) is 10.9 Å². The molecule has 0 spiro atoms. The zero-order valence-electron chi connectivity index (χ0n) is 18.0. The highest BCUT2D eigenvalue weighted by Crippen LogP contribution is 2.26. The van der Waals surface area contributed by atoms with Crippen molar-refractivity contribution in [3.05, 3.63) is 108 Å². The third-order valence-corrected chi connectivity index (χ3v) is 6.39. The van der Waals surface area contributed by atoms with E-state index in [1.807, 2.05) is 37.3 Å². The molecule has 0 saturated carbocycles. The Morgan fingerprint density at radius 3 is 2.35 bits per heavy atom. The Kier molecular flexibility index (Phi) is 5.43. The fourth-order valence-electron chi connectivity index (χ4n) is 3.50. The normalized spacial score (nSPS) is 12.2. The molecule has 0 aliphatic heterocycles. The van der Waals surface area contributed by atoms with E-state index in [0.29, 0.717) is 11.1 Å². The molecule has 0 fully saturated rings. The number of oxime groups is 1. The van der Waals surface area contributed by atoms with Gasteiger partial charge in [0.1, 0.15) is 10.4 Å². The van der Waals surface area contributed by atoms with Crippen LogP contribution in [0, 0.1) is 6.92 Å². The minimum atomic E-state index is -4.27. The van der Waals surface area contributed by atoms with Gasteiger partial charge in [-0.25, -0.2) is 4.98 Å². The number of nitrogens with zero attached hydrogens (tertiary/aromatic N) is 2. The topological polar surface area (TPSA) is 98.8 Å². The van der Waals surface area contributed by atoms with Crippen LogP contribution in [0.25, 0.3) is 21.9 Å². The van der Waals surface area contributed by atoms with E-state index in [2.05, 4.69) is 10.1 Å². The van der Waals surface area contributed by atoms with Gasteiger partial charge in [-0.2, -0.15) is 8.42 Å². The molecular formula is C26H18N2O5S. The molecule has 0 atom stereocenters. The molecule has 1 aromatic heterocycles. The zero-order valence-corrected chi connectivity index (χ0v) is 18.8. The highest BCUT2D eigenvalue weighted by molar-refractivity contribution is 7.86. The van der Waals surface area contributed by atoms with E-state index >= 15 is 0 Å². The Morgan fingerprint density at radius 1 is 0.882 bits per heavy atom. The summed E-state index contributed by atoms with van der Waals surface area (Å²) in [6.45, 7) is 1.84. The Hall–Kier alpha value is -4.30. The van der Waals surface area contributed by atoms with Crippen molar-refractivity contribution in [1.29, 1.82) is 0 Å². The summed E-state index contributed by atoms with van der Waals surface area (Å²) >= 11 is 0. The second kappa shape index (κ2) is 8.57. The van der Waals surface area contributed by atoms with Crippen molar-refractivity contribution in [2.75, 3.05) is 0 Å². The first kappa shape index (κ1) is 21.5. The third-order valence-electron chi connectivity index (χ3n) is 5.27. The number of hydrogen-bond acceptors (Lipinski definition) is 7. The van der Waals surface area contributed by atoms with Crippen LogP contribution in [0.5, 0.6) is 0 Å². The summed E-state index contributed by atoms with van der Waals surface area (Å²) in [5.41, 5.74) is 1.78. The predicted molar refractivity (Wildman–Crippen MR) is 128 cm³/mol. The number of hydrogen-bond donors (Lipinski definition) is 0. The third kappa shape index (κ3) is 4.06. The van der Waals surface area contributed by atoms with E-state index in [0.717, 1.165) is 16.3 Å². The van der Waals surface area contributed by atoms with Gasteiger partial charge < -0.3 is 4.42 Å². The number of aryl methyl sites for hydroxylation is 1. The minimum absolute atomic E-state index is 0.0862. The summed E-state index contributed by atoms with van der Waals surface area (Å²) in [5.74, 6) is -0.727. The van der Waals surface area contributed by atoms with Crippen molar-refractivity contribution in [3.8, 4) is 0 Å². The Morgan fingerprint density at radius 2 is 1.59 bits per heavy atom. The molecule has 7 nitrogen and oxygen atoms in total. The summed E-state index contributed by atoms with van der Waals surface area (Å²) in [7, 11) is -4.27. The first-order chi connectivity index (χ1) is 16.4. The second-order valence-electron chi connectivity index (χ2n) is 7.63. The predicted octanol–water partition coefficient (Wildman–Crippen LogP) is 5.28. The van der Waals surface area contributed by atoms with Crippen LogP contribution in [0.15, 0.2) is 105 Å². The van der Waals surface area contributed by atoms with E-state index < -0.39 is 15.9 Å². The van der Waals surface area contributed by atoms with E-state index in [9.17, 15) is 13.2 Å². The summed E-state index contributed by atoms with van der Waals surface area (Å²) in [4.78, 5) is 17.7. The molecular weight excluding hydrogens is 452 g/mol.